The van der Waals surface area contributed by atoms with Gasteiger partial charge in [0, 0.05) is 5.56 Å². The Morgan fingerprint density at radius 1 is 1.23 bits per heavy atom. The van der Waals surface area contributed by atoms with Crippen molar-refractivity contribution in [2.75, 3.05) is 24.3 Å². The number of anilines is 2. The Kier molecular flexibility index (Phi) is 5.02. The topological polar surface area (TPSA) is 117 Å². The Labute approximate surface area is 137 Å². The standard InChI is InChI=1S/C13H15Cl2N5O2/c1-13(5-21,6-22)18-12-17-11(16)10(19-20-12)7-3-2-4-8(14)9(7)15/h2-4,21-22H,5-6H2,1H3,(H3,16,17,18,20). The predicted molar refractivity (Wildman–Crippen MR) is 85.9 cm³/mol. The maximum atomic E-state index is 9.25. The number of nitrogen functional groups attached to an aromatic ring is 1. The van der Waals surface area contributed by atoms with Gasteiger partial charge in [-0.1, -0.05) is 35.3 Å². The van der Waals surface area contributed by atoms with Gasteiger partial charge in [-0.2, -0.15) is 4.98 Å². The van der Waals surface area contributed by atoms with Crippen molar-refractivity contribution < 1.29 is 10.2 Å². The van der Waals surface area contributed by atoms with Crippen LogP contribution in [0.2, 0.25) is 10.0 Å². The van der Waals surface area contributed by atoms with Gasteiger partial charge in [0.1, 0.15) is 5.69 Å². The van der Waals surface area contributed by atoms with Gasteiger partial charge in [0.15, 0.2) is 5.82 Å². The maximum absolute atomic E-state index is 9.25. The van der Waals surface area contributed by atoms with Gasteiger partial charge in [-0.15, -0.1) is 10.2 Å². The second-order valence-corrected chi connectivity index (χ2v) is 5.76. The van der Waals surface area contributed by atoms with Crippen LogP contribution in [0.5, 0.6) is 0 Å². The molecule has 0 saturated carbocycles. The van der Waals surface area contributed by atoms with Crippen molar-refractivity contribution in [2.45, 2.75) is 12.5 Å². The molecule has 0 radical (unpaired) electrons. The Morgan fingerprint density at radius 3 is 2.50 bits per heavy atom. The summed E-state index contributed by atoms with van der Waals surface area (Å²) < 4.78 is 0. The smallest absolute Gasteiger partial charge is 0.245 e. The molecule has 2 aromatic rings. The highest BCUT2D eigenvalue weighted by Crippen LogP contribution is 2.34. The van der Waals surface area contributed by atoms with Crippen LogP contribution in [0.15, 0.2) is 18.2 Å². The van der Waals surface area contributed by atoms with Crippen LogP contribution in [-0.2, 0) is 0 Å². The van der Waals surface area contributed by atoms with Crippen LogP contribution in [0.3, 0.4) is 0 Å². The van der Waals surface area contributed by atoms with Crippen molar-refractivity contribution in [1.82, 2.24) is 15.2 Å². The minimum absolute atomic E-state index is 0.0880. The van der Waals surface area contributed by atoms with Crippen molar-refractivity contribution in [3.05, 3.63) is 28.2 Å². The van der Waals surface area contributed by atoms with Crippen LogP contribution in [0.25, 0.3) is 11.3 Å². The van der Waals surface area contributed by atoms with Gasteiger partial charge >= 0.3 is 0 Å². The van der Waals surface area contributed by atoms with Crippen LogP contribution < -0.4 is 11.1 Å². The zero-order chi connectivity index (χ0) is 16.3. The van der Waals surface area contributed by atoms with E-state index in [-0.39, 0.29) is 25.0 Å². The summed E-state index contributed by atoms with van der Waals surface area (Å²) in [6.45, 7) is 0.984. The first-order valence-corrected chi connectivity index (χ1v) is 7.10. The lowest BCUT2D eigenvalue weighted by molar-refractivity contribution is 0.147. The fraction of sp³-hybridized carbons (Fsp3) is 0.308. The van der Waals surface area contributed by atoms with E-state index in [0.717, 1.165) is 0 Å². The molecular formula is C13H15Cl2N5O2. The summed E-state index contributed by atoms with van der Waals surface area (Å²) in [5.74, 6) is 0.185. The number of nitrogens with zero attached hydrogens (tertiary/aromatic N) is 3. The molecule has 0 amide bonds. The third kappa shape index (κ3) is 3.38. The number of hydrogen-bond donors (Lipinski definition) is 4. The SMILES string of the molecule is CC(CO)(CO)Nc1nnc(-c2cccc(Cl)c2Cl)c(N)n1. The first-order chi connectivity index (χ1) is 10.4. The van der Waals surface area contributed by atoms with Gasteiger partial charge < -0.3 is 21.3 Å². The van der Waals surface area contributed by atoms with Crippen molar-refractivity contribution in [2.24, 2.45) is 0 Å². The minimum atomic E-state index is -0.983. The first kappa shape index (κ1) is 16.7. The Morgan fingerprint density at radius 2 is 1.91 bits per heavy atom. The van der Waals surface area contributed by atoms with Crippen LogP contribution >= 0.6 is 23.2 Å². The molecule has 0 aliphatic carbocycles. The summed E-state index contributed by atoms with van der Waals surface area (Å²) in [4.78, 5) is 4.07. The van der Waals surface area contributed by atoms with Gasteiger partial charge in [-0.25, -0.2) is 0 Å². The highest BCUT2D eigenvalue weighted by molar-refractivity contribution is 6.43. The number of nitrogens with one attached hydrogen (secondary N) is 1. The molecular weight excluding hydrogens is 329 g/mol. The second-order valence-electron chi connectivity index (χ2n) is 4.97. The number of nitrogens with two attached hydrogens (primary N) is 1. The van der Waals surface area contributed by atoms with E-state index in [2.05, 4.69) is 20.5 Å². The average Bonchev–Trinajstić information content (AvgIpc) is 2.50. The monoisotopic (exact) mass is 343 g/mol. The van der Waals surface area contributed by atoms with Crippen molar-refractivity contribution in [1.29, 1.82) is 0 Å². The molecule has 1 aromatic carbocycles. The Balaban J connectivity index is 2.36. The number of halogens is 2. The third-order valence-electron chi connectivity index (χ3n) is 3.03. The van der Waals surface area contributed by atoms with E-state index in [1.54, 1.807) is 25.1 Å². The van der Waals surface area contributed by atoms with Crippen molar-refractivity contribution in [3.8, 4) is 11.3 Å². The molecule has 22 heavy (non-hydrogen) atoms. The zero-order valence-electron chi connectivity index (χ0n) is 11.7. The highest BCUT2D eigenvalue weighted by Gasteiger charge is 2.24. The predicted octanol–water partition coefficient (Wildman–Crippen LogP) is 1.58. The molecule has 5 N–H and O–H groups in total. The molecule has 0 aliphatic rings. The molecule has 0 saturated heterocycles. The molecule has 0 bridgehead atoms. The van der Waals surface area contributed by atoms with E-state index < -0.39 is 5.54 Å². The summed E-state index contributed by atoms with van der Waals surface area (Å²) in [6, 6.07) is 5.06. The van der Waals surface area contributed by atoms with Gasteiger partial charge in [-0.3, -0.25) is 0 Å². The van der Waals surface area contributed by atoms with Crippen molar-refractivity contribution >= 4 is 35.0 Å². The molecule has 118 valence electrons. The Bertz CT molecular complexity index is 679. The first-order valence-electron chi connectivity index (χ1n) is 6.34. The number of hydrogen-bond acceptors (Lipinski definition) is 7. The van der Waals surface area contributed by atoms with Crippen LogP contribution in [0, 0.1) is 0 Å². The highest BCUT2D eigenvalue weighted by atomic mass is 35.5. The van der Waals surface area contributed by atoms with E-state index in [4.69, 9.17) is 28.9 Å². The lowest BCUT2D eigenvalue weighted by atomic mass is 10.1. The van der Waals surface area contributed by atoms with Gasteiger partial charge in [-0.05, 0) is 13.0 Å². The molecule has 2 rings (SSSR count). The quantitative estimate of drug-likeness (QED) is 0.650. The molecule has 0 spiro atoms. The van der Waals surface area contributed by atoms with E-state index in [1.807, 2.05) is 0 Å². The lowest BCUT2D eigenvalue weighted by Crippen LogP contribution is -2.43. The van der Waals surface area contributed by atoms with Crippen molar-refractivity contribution in [3.63, 3.8) is 0 Å². The molecule has 0 aliphatic heterocycles. The number of benzene rings is 1. The molecule has 1 aromatic heterocycles. The fourth-order valence-corrected chi connectivity index (χ4v) is 2.06. The van der Waals surface area contributed by atoms with Crippen LogP contribution in [0.4, 0.5) is 11.8 Å². The number of rotatable bonds is 5. The van der Waals surface area contributed by atoms with Gasteiger partial charge in [0.25, 0.3) is 0 Å². The molecule has 9 heteroatoms. The molecule has 1 heterocycles. The molecule has 0 fully saturated rings. The second kappa shape index (κ2) is 6.62. The summed E-state index contributed by atoms with van der Waals surface area (Å²) in [6.07, 6.45) is 0. The summed E-state index contributed by atoms with van der Waals surface area (Å²) in [5, 5.41) is 29.9. The number of aromatic nitrogens is 3. The summed E-state index contributed by atoms with van der Waals surface area (Å²) in [7, 11) is 0. The maximum Gasteiger partial charge on any atom is 0.245 e. The van der Waals surface area contributed by atoms with E-state index in [9.17, 15) is 10.2 Å². The Hall–Kier alpha value is -1.67. The summed E-state index contributed by atoms with van der Waals surface area (Å²) >= 11 is 12.1. The van der Waals surface area contributed by atoms with E-state index in [0.29, 0.717) is 21.3 Å². The van der Waals surface area contributed by atoms with Gasteiger partial charge in [0.05, 0.1) is 28.8 Å². The molecule has 7 nitrogen and oxygen atoms in total. The zero-order valence-corrected chi connectivity index (χ0v) is 13.2. The minimum Gasteiger partial charge on any atom is -0.394 e. The van der Waals surface area contributed by atoms with Gasteiger partial charge in [0.2, 0.25) is 5.95 Å². The van der Waals surface area contributed by atoms with E-state index >= 15 is 0 Å². The normalized spacial score (nSPS) is 11.5. The van der Waals surface area contributed by atoms with E-state index in [1.165, 1.54) is 0 Å². The molecule has 0 unspecified atom stereocenters. The fourth-order valence-electron chi connectivity index (χ4n) is 1.67. The lowest BCUT2D eigenvalue weighted by Gasteiger charge is -2.25. The van der Waals surface area contributed by atoms with Crippen LogP contribution in [-0.4, -0.2) is 44.1 Å². The average molecular weight is 344 g/mol. The summed E-state index contributed by atoms with van der Waals surface area (Å²) in [5.41, 5.74) is 5.73. The third-order valence-corrected chi connectivity index (χ3v) is 3.85. The largest absolute Gasteiger partial charge is 0.394 e. The molecule has 0 atom stereocenters. The number of aliphatic hydroxyl groups is 2. The number of aliphatic hydroxyl groups excluding tert-OH is 2. The van der Waals surface area contributed by atoms with Crippen LogP contribution in [0.1, 0.15) is 6.92 Å².